The van der Waals surface area contributed by atoms with Gasteiger partial charge in [-0.25, -0.2) is 0 Å². The van der Waals surface area contributed by atoms with Crippen LogP contribution in [0.1, 0.15) is 39.7 Å². The van der Waals surface area contributed by atoms with Crippen LogP contribution in [0, 0.1) is 5.92 Å². The zero-order chi connectivity index (χ0) is 14.5. The van der Waals surface area contributed by atoms with E-state index in [-0.39, 0.29) is 18.3 Å². The van der Waals surface area contributed by atoms with Crippen LogP contribution in [0.15, 0.2) is 24.3 Å². The number of carbonyl (C=O) groups is 1. The summed E-state index contributed by atoms with van der Waals surface area (Å²) in [5.41, 5.74) is 0.297. The van der Waals surface area contributed by atoms with Crippen LogP contribution in [0.3, 0.4) is 0 Å². The van der Waals surface area contributed by atoms with Crippen LogP contribution < -0.4 is 4.74 Å². The van der Waals surface area contributed by atoms with E-state index in [0.717, 1.165) is 17.7 Å². The predicted octanol–water partition coefficient (Wildman–Crippen LogP) is 2.99. The summed E-state index contributed by atoms with van der Waals surface area (Å²) < 4.78 is 5.60. The molecule has 3 heteroatoms. The molecular formula is C16H24O3. The number of aryl methyl sites for hydroxylation is 1. The van der Waals surface area contributed by atoms with Gasteiger partial charge in [-0.2, -0.15) is 0 Å². The van der Waals surface area contributed by atoms with Gasteiger partial charge in [0.05, 0.1) is 5.60 Å². The second-order valence-electron chi connectivity index (χ2n) is 5.65. The Bertz CT molecular complexity index is 405. The van der Waals surface area contributed by atoms with Crippen molar-refractivity contribution in [1.82, 2.24) is 0 Å². The fraction of sp³-hybridized carbons (Fsp3) is 0.562. The third kappa shape index (κ3) is 5.43. The molecule has 1 N–H and O–H groups in total. The molecular weight excluding hydrogens is 240 g/mol. The van der Waals surface area contributed by atoms with Crippen molar-refractivity contribution in [3.05, 3.63) is 29.8 Å². The number of aliphatic hydroxyl groups is 1. The number of carbonyl (C=O) groups excluding carboxylic acids is 1. The van der Waals surface area contributed by atoms with Crippen molar-refractivity contribution < 1.29 is 14.6 Å². The summed E-state index contributed by atoms with van der Waals surface area (Å²) in [5.74, 6) is 1.09. The molecule has 1 aromatic rings. The predicted molar refractivity (Wildman–Crippen MR) is 76.4 cm³/mol. The molecule has 0 spiro atoms. The van der Waals surface area contributed by atoms with Crippen molar-refractivity contribution in [2.24, 2.45) is 5.92 Å². The van der Waals surface area contributed by atoms with Crippen LogP contribution >= 0.6 is 0 Å². The zero-order valence-electron chi connectivity index (χ0n) is 12.3. The van der Waals surface area contributed by atoms with Crippen molar-refractivity contribution in [1.29, 1.82) is 0 Å². The van der Waals surface area contributed by atoms with E-state index in [0.29, 0.717) is 6.42 Å². The maximum atomic E-state index is 10.9. The SMILES string of the molecule is CC(=O)CCc1ccc(OCC(C)(O)C(C)C)cc1. The average Bonchev–Trinajstić information content (AvgIpc) is 2.35. The molecule has 1 aromatic carbocycles. The second-order valence-corrected chi connectivity index (χ2v) is 5.65. The maximum absolute atomic E-state index is 10.9. The van der Waals surface area contributed by atoms with Crippen molar-refractivity contribution >= 4 is 5.78 Å². The summed E-state index contributed by atoms with van der Waals surface area (Å²) in [4.78, 5) is 10.9. The summed E-state index contributed by atoms with van der Waals surface area (Å²) in [6.07, 6.45) is 1.33. The zero-order valence-corrected chi connectivity index (χ0v) is 12.3. The first-order valence-corrected chi connectivity index (χ1v) is 6.75. The van der Waals surface area contributed by atoms with Crippen LogP contribution in [0.25, 0.3) is 0 Å². The second kappa shape index (κ2) is 6.71. The third-order valence-corrected chi connectivity index (χ3v) is 3.46. The van der Waals surface area contributed by atoms with Gasteiger partial charge in [0.25, 0.3) is 0 Å². The Hall–Kier alpha value is -1.35. The molecule has 0 aliphatic heterocycles. The molecule has 0 aliphatic carbocycles. The van der Waals surface area contributed by atoms with Crippen LogP contribution in [0.5, 0.6) is 5.75 Å². The minimum atomic E-state index is -0.826. The van der Waals surface area contributed by atoms with Gasteiger partial charge >= 0.3 is 0 Å². The van der Waals surface area contributed by atoms with Crippen molar-refractivity contribution in [2.45, 2.75) is 46.1 Å². The number of Topliss-reactive ketones (excluding diaryl/α,β-unsaturated/α-hetero) is 1. The minimum absolute atomic E-state index is 0.141. The van der Waals surface area contributed by atoms with E-state index in [1.807, 2.05) is 38.1 Å². The lowest BCUT2D eigenvalue weighted by Crippen LogP contribution is -2.37. The molecule has 0 heterocycles. The topological polar surface area (TPSA) is 46.5 Å². The van der Waals surface area contributed by atoms with Gasteiger partial charge in [-0.05, 0) is 43.9 Å². The summed E-state index contributed by atoms with van der Waals surface area (Å²) in [6.45, 7) is 7.59. The monoisotopic (exact) mass is 264 g/mol. The summed E-state index contributed by atoms with van der Waals surface area (Å²) in [7, 11) is 0. The quantitative estimate of drug-likeness (QED) is 0.823. The fourth-order valence-electron chi connectivity index (χ4n) is 1.47. The van der Waals surface area contributed by atoms with Gasteiger partial charge in [0.1, 0.15) is 18.1 Å². The first kappa shape index (κ1) is 15.7. The Morgan fingerprint density at radius 2 is 1.89 bits per heavy atom. The molecule has 19 heavy (non-hydrogen) atoms. The first-order chi connectivity index (χ1) is 8.81. The van der Waals surface area contributed by atoms with Gasteiger partial charge in [-0.3, -0.25) is 0 Å². The molecule has 0 fully saturated rings. The van der Waals surface area contributed by atoms with E-state index in [1.165, 1.54) is 0 Å². The highest BCUT2D eigenvalue weighted by Gasteiger charge is 2.25. The molecule has 1 unspecified atom stereocenters. The summed E-state index contributed by atoms with van der Waals surface area (Å²) in [6, 6.07) is 7.68. The van der Waals surface area contributed by atoms with Crippen LogP contribution in [-0.2, 0) is 11.2 Å². The standard InChI is InChI=1S/C16H24O3/c1-12(2)16(4,18)11-19-15-9-7-14(8-10-15)6-5-13(3)17/h7-10,12,18H,5-6,11H2,1-4H3. The summed E-state index contributed by atoms with van der Waals surface area (Å²) in [5, 5.41) is 10.1. The minimum Gasteiger partial charge on any atom is -0.491 e. The fourth-order valence-corrected chi connectivity index (χ4v) is 1.47. The van der Waals surface area contributed by atoms with E-state index < -0.39 is 5.60 Å². The number of hydrogen-bond acceptors (Lipinski definition) is 3. The highest BCUT2D eigenvalue weighted by Crippen LogP contribution is 2.19. The molecule has 106 valence electrons. The molecule has 1 atom stereocenters. The smallest absolute Gasteiger partial charge is 0.130 e. The Kier molecular flexibility index (Phi) is 5.55. The molecule has 0 saturated heterocycles. The van der Waals surface area contributed by atoms with E-state index in [1.54, 1.807) is 13.8 Å². The number of hydrogen-bond donors (Lipinski definition) is 1. The molecule has 3 nitrogen and oxygen atoms in total. The first-order valence-electron chi connectivity index (χ1n) is 6.75. The lowest BCUT2D eigenvalue weighted by molar-refractivity contribution is -0.116. The number of ketones is 1. The van der Waals surface area contributed by atoms with E-state index in [9.17, 15) is 9.90 Å². The Balaban J connectivity index is 2.51. The normalized spacial score (nSPS) is 14.2. The van der Waals surface area contributed by atoms with Crippen molar-refractivity contribution in [3.63, 3.8) is 0 Å². The maximum Gasteiger partial charge on any atom is 0.130 e. The van der Waals surface area contributed by atoms with Crippen LogP contribution in [0.2, 0.25) is 0 Å². The van der Waals surface area contributed by atoms with E-state index in [2.05, 4.69) is 0 Å². The largest absolute Gasteiger partial charge is 0.491 e. The molecule has 0 saturated carbocycles. The van der Waals surface area contributed by atoms with Gasteiger partial charge in [0.15, 0.2) is 0 Å². The molecule has 0 aliphatic rings. The lowest BCUT2D eigenvalue weighted by Gasteiger charge is -2.27. The van der Waals surface area contributed by atoms with Gasteiger partial charge in [-0.1, -0.05) is 26.0 Å². The third-order valence-electron chi connectivity index (χ3n) is 3.46. The average molecular weight is 264 g/mol. The van der Waals surface area contributed by atoms with Gasteiger partial charge in [-0.15, -0.1) is 0 Å². The number of rotatable bonds is 7. The summed E-state index contributed by atoms with van der Waals surface area (Å²) >= 11 is 0. The highest BCUT2D eigenvalue weighted by molar-refractivity contribution is 5.75. The Morgan fingerprint density at radius 1 is 1.32 bits per heavy atom. The molecule has 0 aromatic heterocycles. The van der Waals surface area contributed by atoms with Gasteiger partial charge in [0, 0.05) is 6.42 Å². The van der Waals surface area contributed by atoms with Crippen molar-refractivity contribution in [3.8, 4) is 5.75 Å². The molecule has 0 radical (unpaired) electrons. The Labute approximate surface area is 115 Å². The molecule has 1 rings (SSSR count). The lowest BCUT2D eigenvalue weighted by atomic mass is 9.94. The van der Waals surface area contributed by atoms with Crippen molar-refractivity contribution in [2.75, 3.05) is 6.61 Å². The van der Waals surface area contributed by atoms with E-state index in [4.69, 9.17) is 4.74 Å². The number of ether oxygens (including phenoxy) is 1. The Morgan fingerprint density at radius 3 is 2.37 bits per heavy atom. The van der Waals surface area contributed by atoms with Gasteiger partial charge < -0.3 is 14.6 Å². The van der Waals surface area contributed by atoms with Crippen LogP contribution in [-0.4, -0.2) is 23.1 Å². The van der Waals surface area contributed by atoms with E-state index >= 15 is 0 Å². The molecule has 0 bridgehead atoms. The van der Waals surface area contributed by atoms with Gasteiger partial charge in [0.2, 0.25) is 0 Å². The molecule has 0 amide bonds. The number of benzene rings is 1. The highest BCUT2D eigenvalue weighted by atomic mass is 16.5. The van der Waals surface area contributed by atoms with Crippen LogP contribution in [0.4, 0.5) is 0 Å².